The third kappa shape index (κ3) is 5.95. The summed E-state index contributed by atoms with van der Waals surface area (Å²) in [6.07, 6.45) is -0.765. The van der Waals surface area contributed by atoms with Gasteiger partial charge in [-0.15, -0.1) is 0 Å². The van der Waals surface area contributed by atoms with Crippen molar-refractivity contribution >= 4 is 17.5 Å². The van der Waals surface area contributed by atoms with Crippen molar-refractivity contribution in [1.29, 1.82) is 0 Å². The number of carbonyl (C=O) groups is 1. The fourth-order valence-corrected chi connectivity index (χ4v) is 2.08. The number of phenolic OH excluding ortho intramolecular Hbond substituents is 1. The highest BCUT2D eigenvalue weighted by molar-refractivity contribution is 5.85. The molecule has 0 aliphatic heterocycles. The number of hydrogen-bond donors (Lipinski definition) is 3. The highest BCUT2D eigenvalue weighted by atomic mass is 19.1. The molecule has 3 N–H and O–H groups in total. The van der Waals surface area contributed by atoms with Gasteiger partial charge in [-0.2, -0.15) is 0 Å². The summed E-state index contributed by atoms with van der Waals surface area (Å²) in [4.78, 5) is 11.8. The lowest BCUT2D eigenvalue weighted by Gasteiger charge is -2.20. The fourth-order valence-electron chi connectivity index (χ4n) is 2.08. The van der Waals surface area contributed by atoms with Gasteiger partial charge < -0.3 is 15.2 Å². The maximum Gasteiger partial charge on any atom is 0.412 e. The predicted octanol–water partition coefficient (Wildman–Crippen LogP) is 4.63. The Labute approximate surface area is 144 Å². The van der Waals surface area contributed by atoms with Crippen LogP contribution in [0, 0.1) is 11.6 Å². The second-order valence-electron chi connectivity index (χ2n) is 6.49. The maximum absolute atomic E-state index is 13.9. The quantitative estimate of drug-likeness (QED) is 0.752. The number of carbonyl (C=O) groups excluding carboxylic acids is 1. The first-order valence-electron chi connectivity index (χ1n) is 7.64. The minimum absolute atomic E-state index is 0.0404. The summed E-state index contributed by atoms with van der Waals surface area (Å²) in [5.74, 6) is -1.34. The highest BCUT2D eigenvalue weighted by Gasteiger charge is 2.17. The molecule has 1 amide bonds. The molecule has 2 aromatic carbocycles. The first-order valence-corrected chi connectivity index (χ1v) is 7.64. The van der Waals surface area contributed by atoms with Crippen molar-refractivity contribution in [1.82, 2.24) is 0 Å². The molecule has 0 aliphatic rings. The molecule has 5 nitrogen and oxygen atoms in total. The molecule has 2 aromatic rings. The number of hydrogen-bond acceptors (Lipinski definition) is 4. The second kappa shape index (κ2) is 7.38. The molecule has 25 heavy (non-hydrogen) atoms. The lowest BCUT2D eigenvalue weighted by atomic mass is 10.2. The Morgan fingerprint density at radius 1 is 1.16 bits per heavy atom. The van der Waals surface area contributed by atoms with Crippen molar-refractivity contribution in [2.45, 2.75) is 32.9 Å². The molecule has 0 radical (unpaired) electrons. The van der Waals surface area contributed by atoms with Crippen LogP contribution in [0.25, 0.3) is 0 Å². The van der Waals surface area contributed by atoms with Crippen LogP contribution in [0.2, 0.25) is 0 Å². The molecule has 0 aliphatic carbocycles. The summed E-state index contributed by atoms with van der Waals surface area (Å²) < 4.78 is 32.2. The van der Waals surface area contributed by atoms with Crippen LogP contribution in [0.15, 0.2) is 36.4 Å². The molecule has 134 valence electrons. The zero-order valence-corrected chi connectivity index (χ0v) is 14.2. The normalized spacial score (nSPS) is 11.1. The zero-order valence-electron chi connectivity index (χ0n) is 14.2. The summed E-state index contributed by atoms with van der Waals surface area (Å²) >= 11 is 0. The third-order valence-electron chi connectivity index (χ3n) is 3.04. The van der Waals surface area contributed by atoms with Crippen LogP contribution in [-0.2, 0) is 11.3 Å². The van der Waals surface area contributed by atoms with E-state index in [1.54, 1.807) is 20.8 Å². The molecule has 0 heterocycles. The number of aromatic hydroxyl groups is 1. The number of rotatable bonds is 4. The van der Waals surface area contributed by atoms with Gasteiger partial charge in [-0.3, -0.25) is 5.32 Å². The van der Waals surface area contributed by atoms with E-state index in [2.05, 4.69) is 10.6 Å². The van der Waals surface area contributed by atoms with Crippen LogP contribution < -0.4 is 10.6 Å². The van der Waals surface area contributed by atoms with Crippen LogP contribution in [-0.4, -0.2) is 16.8 Å². The Morgan fingerprint density at radius 3 is 2.52 bits per heavy atom. The first-order chi connectivity index (χ1) is 11.6. The maximum atomic E-state index is 13.9. The number of phenols is 1. The standard InChI is InChI=1S/C18H20F2N2O3/c1-18(2,3)25-17(24)22-16-9-13(4-5-15(16)20)21-10-11-6-12(19)8-14(23)7-11/h4-9,21,23H,10H2,1-3H3,(H,22,24). The molecule has 2 rings (SSSR count). The van der Waals surface area contributed by atoms with Gasteiger partial charge in [0.15, 0.2) is 0 Å². The molecule has 0 unspecified atom stereocenters. The van der Waals surface area contributed by atoms with Gasteiger partial charge in [-0.05, 0) is 56.7 Å². The molecule has 7 heteroatoms. The smallest absolute Gasteiger partial charge is 0.412 e. The average Bonchev–Trinajstić information content (AvgIpc) is 2.45. The van der Waals surface area contributed by atoms with Crippen molar-refractivity contribution in [3.05, 3.63) is 53.6 Å². The van der Waals surface area contributed by atoms with E-state index in [0.29, 0.717) is 11.3 Å². The number of halogens is 2. The van der Waals surface area contributed by atoms with Crippen LogP contribution in [0.3, 0.4) is 0 Å². The summed E-state index contributed by atoms with van der Waals surface area (Å²) in [6, 6.07) is 7.77. The molecule has 0 saturated carbocycles. The Hall–Kier alpha value is -2.83. The van der Waals surface area contributed by atoms with Gasteiger partial charge in [-0.1, -0.05) is 0 Å². The molecular formula is C18H20F2N2O3. The molecule has 0 saturated heterocycles. The van der Waals surface area contributed by atoms with Gasteiger partial charge >= 0.3 is 6.09 Å². The number of ether oxygens (including phenoxy) is 1. The largest absolute Gasteiger partial charge is 0.508 e. The van der Waals surface area contributed by atoms with Gasteiger partial charge in [0.1, 0.15) is 23.0 Å². The van der Waals surface area contributed by atoms with Gasteiger partial charge in [-0.25, -0.2) is 13.6 Å². The third-order valence-corrected chi connectivity index (χ3v) is 3.04. The summed E-state index contributed by atoms with van der Waals surface area (Å²) in [6.45, 7) is 5.32. The second-order valence-corrected chi connectivity index (χ2v) is 6.49. The monoisotopic (exact) mass is 350 g/mol. The summed E-state index contributed by atoms with van der Waals surface area (Å²) in [5, 5.41) is 14.7. The zero-order chi connectivity index (χ0) is 18.6. The van der Waals surface area contributed by atoms with Gasteiger partial charge in [0.25, 0.3) is 0 Å². The van der Waals surface area contributed by atoms with E-state index >= 15 is 0 Å². The summed E-state index contributed by atoms with van der Waals surface area (Å²) in [5.41, 5.74) is 0.288. The van der Waals surface area contributed by atoms with E-state index in [-0.39, 0.29) is 18.0 Å². The molecule has 0 aromatic heterocycles. The first kappa shape index (κ1) is 18.5. The molecule has 0 atom stereocenters. The Bertz CT molecular complexity index is 753. The van der Waals surface area contributed by atoms with E-state index in [0.717, 1.165) is 6.07 Å². The number of anilines is 2. The Morgan fingerprint density at radius 2 is 1.88 bits per heavy atom. The minimum atomic E-state index is -0.765. The van der Waals surface area contributed by atoms with E-state index in [1.165, 1.54) is 30.3 Å². The van der Waals surface area contributed by atoms with Crippen molar-refractivity contribution < 1.29 is 23.4 Å². The number of amides is 1. The van der Waals surface area contributed by atoms with Gasteiger partial charge in [0.05, 0.1) is 5.69 Å². The fraction of sp³-hybridized carbons (Fsp3) is 0.278. The molecule has 0 spiro atoms. The van der Waals surface area contributed by atoms with Crippen LogP contribution in [0.5, 0.6) is 5.75 Å². The van der Waals surface area contributed by atoms with Crippen LogP contribution >= 0.6 is 0 Å². The van der Waals surface area contributed by atoms with Gasteiger partial charge in [0.2, 0.25) is 0 Å². The van der Waals surface area contributed by atoms with Crippen LogP contribution in [0.4, 0.5) is 25.0 Å². The SMILES string of the molecule is CC(C)(C)OC(=O)Nc1cc(NCc2cc(O)cc(F)c2)ccc1F. The van der Waals surface area contributed by atoms with Gasteiger partial charge in [0, 0.05) is 18.3 Å². The van der Waals surface area contributed by atoms with Crippen molar-refractivity contribution in [3.8, 4) is 5.75 Å². The van der Waals surface area contributed by atoms with E-state index in [9.17, 15) is 18.7 Å². The minimum Gasteiger partial charge on any atom is -0.508 e. The number of nitrogens with one attached hydrogen (secondary N) is 2. The Balaban J connectivity index is 2.06. The lowest BCUT2D eigenvalue weighted by Crippen LogP contribution is -2.27. The predicted molar refractivity (Wildman–Crippen MR) is 91.6 cm³/mol. The Kier molecular flexibility index (Phi) is 5.46. The highest BCUT2D eigenvalue weighted by Crippen LogP contribution is 2.22. The average molecular weight is 350 g/mol. The number of benzene rings is 2. The topological polar surface area (TPSA) is 70.6 Å². The lowest BCUT2D eigenvalue weighted by molar-refractivity contribution is 0.0635. The van der Waals surface area contributed by atoms with E-state index < -0.39 is 23.3 Å². The van der Waals surface area contributed by atoms with Crippen molar-refractivity contribution in [2.75, 3.05) is 10.6 Å². The van der Waals surface area contributed by atoms with Crippen LogP contribution in [0.1, 0.15) is 26.3 Å². The molecule has 0 bridgehead atoms. The summed E-state index contributed by atoms with van der Waals surface area (Å²) in [7, 11) is 0. The molecular weight excluding hydrogens is 330 g/mol. The van der Waals surface area contributed by atoms with E-state index in [4.69, 9.17) is 4.74 Å². The van der Waals surface area contributed by atoms with E-state index in [1.807, 2.05) is 0 Å². The van der Waals surface area contributed by atoms with Crippen molar-refractivity contribution in [2.24, 2.45) is 0 Å². The van der Waals surface area contributed by atoms with Crippen molar-refractivity contribution in [3.63, 3.8) is 0 Å². The molecule has 0 fully saturated rings.